The number of benzene rings is 3. The maximum Gasteiger partial charge on any atom is 0.269 e. The average molecular weight is 617 g/mol. The van der Waals surface area contributed by atoms with Crippen molar-refractivity contribution in [1.29, 1.82) is 0 Å². The van der Waals surface area contributed by atoms with E-state index in [1.165, 1.54) is 35.6 Å². The van der Waals surface area contributed by atoms with Crippen molar-refractivity contribution in [3.8, 4) is 0 Å². The molecule has 0 saturated heterocycles. The van der Waals surface area contributed by atoms with E-state index in [2.05, 4.69) is 109 Å². The summed E-state index contributed by atoms with van der Waals surface area (Å²) < 4.78 is 3.31. The first-order chi connectivity index (χ1) is 21.0. The minimum atomic E-state index is -0.358. The number of thioether (sulfide) groups is 2. The van der Waals surface area contributed by atoms with Gasteiger partial charge in [0.25, 0.3) is 5.69 Å². The van der Waals surface area contributed by atoms with Crippen molar-refractivity contribution in [3.63, 3.8) is 0 Å². The van der Waals surface area contributed by atoms with Crippen LogP contribution in [0.2, 0.25) is 0 Å². The molecule has 1 aromatic heterocycles. The van der Waals surface area contributed by atoms with Gasteiger partial charge in [0.1, 0.15) is 5.71 Å². The van der Waals surface area contributed by atoms with Gasteiger partial charge >= 0.3 is 0 Å². The molecule has 2 aliphatic heterocycles. The van der Waals surface area contributed by atoms with Crippen molar-refractivity contribution >= 4 is 61.8 Å². The largest absolute Gasteiger partial charge is 0.269 e. The SMILES string of the molecule is Cc1ccc(C2=N[N+](=C3C=CC(=C4SC(c5ccccc5)=C(c5ccccc5)S4)C=C3)[C@H](c3ccc([N+](=O)[O-])cc3)C2)s1. The summed E-state index contributed by atoms with van der Waals surface area (Å²) in [6.07, 6.45) is 9.36. The van der Waals surface area contributed by atoms with Gasteiger partial charge in [-0.15, -0.1) is 11.3 Å². The minimum Gasteiger partial charge on any atom is -0.258 e. The highest BCUT2D eigenvalue weighted by Gasteiger charge is 2.37. The third-order valence-corrected chi connectivity index (χ3v) is 11.3. The highest BCUT2D eigenvalue weighted by atomic mass is 32.2. The molecule has 0 amide bonds. The fraction of sp³-hybridized carbons (Fsp3) is 0.0857. The number of rotatable bonds is 5. The third-order valence-electron chi connectivity index (χ3n) is 7.46. The number of hydrogen-bond donors (Lipinski definition) is 0. The summed E-state index contributed by atoms with van der Waals surface area (Å²) in [5, 5.41) is 16.4. The van der Waals surface area contributed by atoms with Crippen molar-refractivity contribution < 1.29 is 9.61 Å². The topological polar surface area (TPSA) is 58.5 Å². The third kappa shape index (κ3) is 5.61. The van der Waals surface area contributed by atoms with Crippen molar-refractivity contribution in [2.45, 2.75) is 19.4 Å². The summed E-state index contributed by atoms with van der Waals surface area (Å²) >= 11 is 5.39. The Labute approximate surface area is 262 Å². The number of allylic oxidation sites excluding steroid dienone is 5. The smallest absolute Gasteiger partial charge is 0.258 e. The Morgan fingerprint density at radius 1 is 0.791 bits per heavy atom. The molecule has 0 unspecified atom stereocenters. The zero-order valence-electron chi connectivity index (χ0n) is 23.2. The number of aryl methyl sites for hydroxylation is 1. The number of hydrogen-bond acceptors (Lipinski definition) is 6. The number of non-ortho nitro benzene ring substituents is 1. The van der Waals surface area contributed by atoms with E-state index >= 15 is 0 Å². The predicted molar refractivity (Wildman–Crippen MR) is 182 cm³/mol. The zero-order valence-corrected chi connectivity index (χ0v) is 25.7. The van der Waals surface area contributed by atoms with E-state index in [4.69, 9.17) is 5.10 Å². The molecule has 7 rings (SSSR count). The van der Waals surface area contributed by atoms with Crippen molar-refractivity contribution in [3.05, 3.63) is 168 Å². The second-order valence-electron chi connectivity index (χ2n) is 10.3. The van der Waals surface area contributed by atoms with Crippen LogP contribution in [-0.4, -0.2) is 21.0 Å². The lowest BCUT2D eigenvalue weighted by atomic mass is 10.0. The van der Waals surface area contributed by atoms with Crippen LogP contribution < -0.4 is 0 Å². The Hall–Kier alpha value is -4.24. The van der Waals surface area contributed by atoms with E-state index in [9.17, 15) is 10.1 Å². The Morgan fingerprint density at radius 3 is 1.93 bits per heavy atom. The molecule has 0 spiro atoms. The van der Waals surface area contributed by atoms with Crippen molar-refractivity contribution in [1.82, 2.24) is 0 Å². The molecule has 8 heteroatoms. The van der Waals surface area contributed by atoms with E-state index in [0.29, 0.717) is 0 Å². The van der Waals surface area contributed by atoms with Gasteiger partial charge in [0.05, 0.1) is 20.5 Å². The highest BCUT2D eigenvalue weighted by molar-refractivity contribution is 8.34. The molecule has 3 aromatic carbocycles. The monoisotopic (exact) mass is 616 g/mol. The Kier molecular flexibility index (Phi) is 7.57. The van der Waals surface area contributed by atoms with Crippen LogP contribution >= 0.6 is 34.9 Å². The van der Waals surface area contributed by atoms with E-state index < -0.39 is 0 Å². The minimum absolute atomic E-state index is 0.0528. The van der Waals surface area contributed by atoms with E-state index in [0.717, 1.165) is 28.3 Å². The van der Waals surface area contributed by atoms with Gasteiger partial charge in [0, 0.05) is 44.5 Å². The lowest BCUT2D eigenvalue weighted by Gasteiger charge is -2.09. The molecule has 0 saturated carbocycles. The highest BCUT2D eigenvalue weighted by Crippen LogP contribution is 2.58. The second kappa shape index (κ2) is 11.8. The number of nitrogens with zero attached hydrogens (tertiary/aromatic N) is 3. The summed E-state index contributed by atoms with van der Waals surface area (Å²) in [6.45, 7) is 2.10. The molecule has 210 valence electrons. The van der Waals surface area contributed by atoms with E-state index in [-0.39, 0.29) is 16.7 Å². The fourth-order valence-electron chi connectivity index (χ4n) is 5.29. The number of nitro groups is 1. The van der Waals surface area contributed by atoms with Gasteiger partial charge < -0.3 is 0 Å². The molecule has 43 heavy (non-hydrogen) atoms. The number of nitro benzene ring substituents is 1. The van der Waals surface area contributed by atoms with Crippen LogP contribution in [0.1, 0.15) is 38.9 Å². The number of hydrazone groups is 1. The lowest BCUT2D eigenvalue weighted by molar-refractivity contribution is -0.566. The van der Waals surface area contributed by atoms with Crippen molar-refractivity contribution in [2.75, 3.05) is 0 Å². The molecule has 3 aliphatic rings. The molecule has 4 aromatic rings. The zero-order chi connectivity index (χ0) is 29.3. The van der Waals surface area contributed by atoms with Crippen LogP contribution in [0.5, 0.6) is 0 Å². The maximum atomic E-state index is 11.3. The first-order valence-electron chi connectivity index (χ1n) is 13.9. The Balaban J connectivity index is 1.24. The molecule has 0 N–H and O–H groups in total. The van der Waals surface area contributed by atoms with Gasteiger partial charge in [-0.05, 0) is 65.1 Å². The van der Waals surface area contributed by atoms with Crippen molar-refractivity contribution in [2.24, 2.45) is 5.10 Å². The van der Waals surface area contributed by atoms with Gasteiger partial charge in [0.2, 0.25) is 11.8 Å². The quantitative estimate of drug-likeness (QED) is 0.127. The summed E-state index contributed by atoms with van der Waals surface area (Å²) in [7, 11) is 0. The first kappa shape index (κ1) is 27.6. The Bertz CT molecular complexity index is 1840. The molecule has 1 atom stereocenters. The molecule has 0 fully saturated rings. The predicted octanol–water partition coefficient (Wildman–Crippen LogP) is 9.61. The normalized spacial score (nSPS) is 18.2. The Morgan fingerprint density at radius 2 is 1.40 bits per heavy atom. The number of thiophene rings is 1. The van der Waals surface area contributed by atoms with Gasteiger partial charge in [-0.2, -0.15) is 0 Å². The standard InChI is InChI=1S/C35H26N3O2S3/c1-23-12-21-32(41-23)30-22-31(24-13-19-29(20-14-24)38(39)40)37(36-30)28-17-15-27(16-18-28)35-42-33(25-8-4-2-5-9-25)34(43-35)26-10-6-3-7-11-26/h2-21,31H,22H2,1H3/q+1/t31-/m0/s1. The van der Waals surface area contributed by atoms with Crippen LogP contribution in [0.25, 0.3) is 9.81 Å². The summed E-state index contributed by atoms with van der Waals surface area (Å²) in [5.41, 5.74) is 6.73. The second-order valence-corrected chi connectivity index (χ2v) is 13.9. The molecular weight excluding hydrogens is 591 g/mol. The average Bonchev–Trinajstić information content (AvgIpc) is 3.81. The van der Waals surface area contributed by atoms with E-state index in [1.807, 2.05) is 35.7 Å². The summed E-state index contributed by atoms with van der Waals surface area (Å²) in [5.74, 6) is 0. The summed E-state index contributed by atoms with van der Waals surface area (Å²) in [6, 6.07) is 32.2. The first-order valence-corrected chi connectivity index (χ1v) is 16.3. The molecule has 5 nitrogen and oxygen atoms in total. The van der Waals surface area contributed by atoms with Crippen LogP contribution in [0, 0.1) is 17.0 Å². The van der Waals surface area contributed by atoms with Gasteiger partial charge in [0.15, 0.2) is 0 Å². The molecular formula is C35H26N3O2S3+. The molecule has 0 radical (unpaired) electrons. The molecule has 3 heterocycles. The molecule has 1 aliphatic carbocycles. The van der Waals surface area contributed by atoms with Crippen LogP contribution in [0.4, 0.5) is 5.69 Å². The maximum absolute atomic E-state index is 11.3. The van der Waals surface area contributed by atoms with Crippen LogP contribution in [-0.2, 0) is 0 Å². The summed E-state index contributed by atoms with van der Waals surface area (Å²) in [4.78, 5) is 15.9. The van der Waals surface area contributed by atoms with Gasteiger partial charge in [-0.3, -0.25) is 10.1 Å². The fourth-order valence-corrected chi connectivity index (χ4v) is 8.88. The van der Waals surface area contributed by atoms with Gasteiger partial charge in [-0.1, -0.05) is 88.9 Å². The van der Waals surface area contributed by atoms with Gasteiger partial charge in [-0.25, -0.2) is 0 Å². The van der Waals surface area contributed by atoms with E-state index in [1.54, 1.807) is 23.5 Å². The van der Waals surface area contributed by atoms with Crippen LogP contribution in [0.3, 0.4) is 0 Å². The van der Waals surface area contributed by atoms with Crippen LogP contribution in [0.15, 0.2) is 136 Å². The molecule has 0 bridgehead atoms. The lowest BCUT2D eigenvalue weighted by Crippen LogP contribution is -2.17.